The maximum atomic E-state index is 14.7. The molecule has 154 valence electrons. The number of nitrogens with zero attached hydrogens (tertiary/aromatic N) is 2. The summed E-state index contributed by atoms with van der Waals surface area (Å²) in [4.78, 5) is 15.2. The lowest BCUT2D eigenvalue weighted by Crippen LogP contribution is -2.01. The highest BCUT2D eigenvalue weighted by Gasteiger charge is 2.16. The van der Waals surface area contributed by atoms with Crippen LogP contribution in [0.5, 0.6) is 11.5 Å². The van der Waals surface area contributed by atoms with E-state index in [-0.39, 0.29) is 5.69 Å². The molecule has 0 bridgehead atoms. The minimum Gasteiger partial charge on any atom is -0.497 e. The number of pyridine rings is 1. The van der Waals surface area contributed by atoms with Crippen molar-refractivity contribution in [3.8, 4) is 11.5 Å². The fraction of sp³-hybridized carbons (Fsp3) is 0.174. The quantitative estimate of drug-likeness (QED) is 0.388. The summed E-state index contributed by atoms with van der Waals surface area (Å²) >= 11 is 0. The molecule has 7 heteroatoms. The molecule has 6 nitrogen and oxygen atoms in total. The Balaban J connectivity index is 1.84. The minimum absolute atomic E-state index is 0.0546. The normalized spacial score (nSPS) is 11.3. The van der Waals surface area contributed by atoms with E-state index in [1.165, 1.54) is 32.6 Å². The molecule has 1 heterocycles. The van der Waals surface area contributed by atoms with Gasteiger partial charge < -0.3 is 9.47 Å². The molecule has 0 fully saturated rings. The molecule has 0 aliphatic carbocycles. The first kappa shape index (κ1) is 21.0. The van der Waals surface area contributed by atoms with Gasteiger partial charge in [-0.1, -0.05) is 12.1 Å². The Labute approximate surface area is 173 Å². The van der Waals surface area contributed by atoms with E-state index < -0.39 is 10.8 Å². The number of aromatic nitrogens is 1. The summed E-state index contributed by atoms with van der Waals surface area (Å²) in [6.45, 7) is 1.82. The van der Waals surface area contributed by atoms with Crippen LogP contribution < -0.4 is 9.47 Å². The summed E-state index contributed by atoms with van der Waals surface area (Å²) in [6.07, 6.45) is 3.08. The molecule has 0 unspecified atom stereocenters. The number of hydrogen-bond acceptors (Lipinski definition) is 5. The van der Waals surface area contributed by atoms with Gasteiger partial charge in [0.05, 0.1) is 19.1 Å². The van der Waals surface area contributed by atoms with E-state index in [1.54, 1.807) is 36.4 Å². The number of rotatable bonds is 7. The fourth-order valence-corrected chi connectivity index (χ4v) is 3.08. The van der Waals surface area contributed by atoms with Crippen LogP contribution in [0.1, 0.15) is 27.9 Å². The molecule has 0 atom stereocenters. The number of hydrogen-bond donors (Lipinski definition) is 0. The number of nitro benzene ring substituents is 1. The molecule has 0 saturated heterocycles. The fourth-order valence-electron chi connectivity index (χ4n) is 3.08. The molecule has 0 radical (unpaired) electrons. The third kappa shape index (κ3) is 4.81. The molecule has 3 aromatic rings. The van der Waals surface area contributed by atoms with E-state index >= 15 is 0 Å². The van der Waals surface area contributed by atoms with E-state index in [4.69, 9.17) is 9.47 Å². The van der Waals surface area contributed by atoms with Crippen LogP contribution in [0.2, 0.25) is 0 Å². The summed E-state index contributed by atoms with van der Waals surface area (Å²) in [6, 6.07) is 13.3. The predicted molar refractivity (Wildman–Crippen MR) is 113 cm³/mol. The van der Waals surface area contributed by atoms with Gasteiger partial charge in [-0.2, -0.15) is 0 Å². The van der Waals surface area contributed by atoms with Crippen LogP contribution in [-0.4, -0.2) is 24.1 Å². The second-order valence-electron chi connectivity index (χ2n) is 6.68. The predicted octanol–water partition coefficient (Wildman–Crippen LogP) is 5.37. The second-order valence-corrected chi connectivity index (χ2v) is 6.68. The van der Waals surface area contributed by atoms with Gasteiger partial charge in [0.1, 0.15) is 17.3 Å². The van der Waals surface area contributed by atoms with E-state index in [1.807, 2.05) is 13.0 Å². The van der Waals surface area contributed by atoms with E-state index in [2.05, 4.69) is 4.98 Å². The summed E-state index contributed by atoms with van der Waals surface area (Å²) in [5, 5.41) is 11.3. The van der Waals surface area contributed by atoms with Crippen LogP contribution in [0.4, 0.5) is 10.1 Å². The van der Waals surface area contributed by atoms with E-state index in [0.29, 0.717) is 40.3 Å². The molecule has 0 spiro atoms. The van der Waals surface area contributed by atoms with Crippen LogP contribution in [0, 0.1) is 17.0 Å². The third-order valence-electron chi connectivity index (χ3n) is 4.71. The summed E-state index contributed by atoms with van der Waals surface area (Å²) in [7, 11) is 3.06. The van der Waals surface area contributed by atoms with Crippen molar-refractivity contribution in [3.05, 3.63) is 92.8 Å². The molecule has 0 aliphatic rings. The van der Waals surface area contributed by atoms with Crippen LogP contribution in [0.25, 0.3) is 11.9 Å². The van der Waals surface area contributed by atoms with Gasteiger partial charge in [-0.25, -0.2) is 4.39 Å². The van der Waals surface area contributed by atoms with Crippen molar-refractivity contribution in [1.29, 1.82) is 0 Å². The van der Waals surface area contributed by atoms with Gasteiger partial charge in [0.2, 0.25) is 0 Å². The molecular weight excluding hydrogens is 387 g/mol. The van der Waals surface area contributed by atoms with Crippen LogP contribution >= 0.6 is 0 Å². The first-order valence-corrected chi connectivity index (χ1v) is 9.19. The summed E-state index contributed by atoms with van der Waals surface area (Å²) in [5.74, 6) is 0.648. The van der Waals surface area contributed by atoms with Gasteiger partial charge in [-0.3, -0.25) is 15.1 Å². The van der Waals surface area contributed by atoms with Crippen molar-refractivity contribution in [1.82, 2.24) is 4.98 Å². The highest BCUT2D eigenvalue weighted by molar-refractivity contribution is 5.77. The zero-order valence-corrected chi connectivity index (χ0v) is 16.9. The number of aryl methyl sites for hydroxylation is 1. The zero-order chi connectivity index (χ0) is 21.7. The molecule has 0 amide bonds. The molecule has 30 heavy (non-hydrogen) atoms. The number of halogens is 1. The number of nitro groups is 1. The Hall–Kier alpha value is -3.74. The highest BCUT2D eigenvalue weighted by atomic mass is 19.1. The average molecular weight is 408 g/mol. The summed E-state index contributed by atoms with van der Waals surface area (Å²) in [5.41, 5.74) is 2.98. The highest BCUT2D eigenvalue weighted by Crippen LogP contribution is 2.28. The van der Waals surface area contributed by atoms with E-state index in [0.717, 1.165) is 5.56 Å². The molecular formula is C23H21FN2O4. The van der Waals surface area contributed by atoms with Gasteiger partial charge in [-0.15, -0.1) is 0 Å². The van der Waals surface area contributed by atoms with Crippen molar-refractivity contribution >= 4 is 17.6 Å². The van der Waals surface area contributed by atoms with Gasteiger partial charge in [0.25, 0.3) is 5.69 Å². The van der Waals surface area contributed by atoms with Crippen molar-refractivity contribution in [2.24, 2.45) is 0 Å². The van der Waals surface area contributed by atoms with E-state index in [9.17, 15) is 14.5 Å². The molecule has 0 aliphatic heterocycles. The lowest BCUT2D eigenvalue weighted by molar-refractivity contribution is -0.385. The van der Waals surface area contributed by atoms with Gasteiger partial charge >= 0.3 is 0 Å². The average Bonchev–Trinajstić information content (AvgIpc) is 2.75. The second kappa shape index (κ2) is 9.17. The molecule has 0 N–H and O–H groups in total. The van der Waals surface area contributed by atoms with Crippen molar-refractivity contribution in [2.45, 2.75) is 13.3 Å². The Bertz CT molecular complexity index is 1070. The Morgan fingerprint density at radius 1 is 1.13 bits per heavy atom. The van der Waals surface area contributed by atoms with Gasteiger partial charge in [-0.05, 0) is 48.4 Å². The lowest BCUT2D eigenvalue weighted by atomic mass is 10.0. The van der Waals surface area contributed by atoms with Crippen molar-refractivity contribution < 1.29 is 18.8 Å². The van der Waals surface area contributed by atoms with Crippen LogP contribution in [0.3, 0.4) is 0 Å². The first-order valence-electron chi connectivity index (χ1n) is 9.19. The SMILES string of the molecule is COc1cc(/C=C(\F)c2ccc(Cc3c(C)cccc3[N+](=O)[O-])nc2)cc(OC)c1. The number of benzene rings is 2. The number of ether oxygens (including phenoxy) is 2. The van der Waals surface area contributed by atoms with Crippen LogP contribution in [0.15, 0.2) is 54.7 Å². The minimum atomic E-state index is -0.466. The van der Waals surface area contributed by atoms with Crippen molar-refractivity contribution in [3.63, 3.8) is 0 Å². The third-order valence-corrected chi connectivity index (χ3v) is 4.71. The maximum absolute atomic E-state index is 14.7. The Morgan fingerprint density at radius 2 is 1.83 bits per heavy atom. The van der Waals surface area contributed by atoms with Gasteiger partial charge in [0, 0.05) is 41.6 Å². The molecule has 3 rings (SSSR count). The largest absolute Gasteiger partial charge is 0.497 e. The monoisotopic (exact) mass is 408 g/mol. The number of methoxy groups -OCH3 is 2. The first-order chi connectivity index (χ1) is 14.4. The lowest BCUT2D eigenvalue weighted by Gasteiger charge is -2.08. The molecule has 2 aromatic carbocycles. The van der Waals surface area contributed by atoms with Gasteiger partial charge in [0.15, 0.2) is 0 Å². The molecule has 1 aromatic heterocycles. The topological polar surface area (TPSA) is 74.5 Å². The summed E-state index contributed by atoms with van der Waals surface area (Å²) < 4.78 is 25.1. The Morgan fingerprint density at radius 3 is 2.40 bits per heavy atom. The maximum Gasteiger partial charge on any atom is 0.273 e. The Kier molecular flexibility index (Phi) is 6.41. The zero-order valence-electron chi connectivity index (χ0n) is 16.9. The van der Waals surface area contributed by atoms with Crippen LogP contribution in [-0.2, 0) is 6.42 Å². The smallest absolute Gasteiger partial charge is 0.273 e. The standard InChI is InChI=1S/C23H21FN2O4/c1-15-5-4-6-23(26(27)28)21(15)12-18-8-7-17(14-25-18)22(24)11-16-9-19(29-2)13-20(10-16)30-3/h4-11,13-14H,12H2,1-3H3/b22-11-. The van der Waals surface area contributed by atoms with Crippen molar-refractivity contribution in [2.75, 3.05) is 14.2 Å². The molecule has 0 saturated carbocycles.